The molecule has 1 amide bonds. The molecule has 0 atom stereocenters. The largest absolute Gasteiger partial charge is 0.340 e. The molecule has 0 aliphatic carbocycles. The molecule has 4 rings (SSSR count). The highest BCUT2D eigenvalue weighted by atomic mass is 32.2. The molecule has 32 heavy (non-hydrogen) atoms. The van der Waals surface area contributed by atoms with Crippen LogP contribution < -0.4 is 0 Å². The van der Waals surface area contributed by atoms with Crippen LogP contribution in [-0.2, 0) is 21.2 Å². The van der Waals surface area contributed by atoms with Gasteiger partial charge < -0.3 is 4.90 Å². The van der Waals surface area contributed by atoms with Gasteiger partial charge in [0.1, 0.15) is 5.01 Å². The van der Waals surface area contributed by atoms with Gasteiger partial charge in [-0.1, -0.05) is 12.1 Å². The van der Waals surface area contributed by atoms with E-state index in [4.69, 9.17) is 0 Å². The monoisotopic (exact) mass is 470 g/mol. The number of hydrogen-bond acceptors (Lipinski definition) is 7. The quantitative estimate of drug-likeness (QED) is 0.513. The number of amides is 1. The van der Waals surface area contributed by atoms with E-state index in [0.29, 0.717) is 24.3 Å². The zero-order chi connectivity index (χ0) is 22.7. The summed E-state index contributed by atoms with van der Waals surface area (Å²) in [4.78, 5) is 34.6. The molecule has 0 spiro atoms. The van der Waals surface area contributed by atoms with Crippen molar-refractivity contribution in [3.63, 3.8) is 0 Å². The number of rotatable bonds is 6. The second-order valence-electron chi connectivity index (χ2n) is 7.43. The Morgan fingerprint density at radius 1 is 1.06 bits per heavy atom. The van der Waals surface area contributed by atoms with E-state index >= 15 is 0 Å². The molecule has 3 aromatic rings. The molecule has 1 aliphatic rings. The number of aromatic nitrogens is 2. The van der Waals surface area contributed by atoms with Crippen molar-refractivity contribution in [1.82, 2.24) is 19.2 Å². The maximum Gasteiger partial charge on any atom is 0.243 e. The molecule has 2 aromatic heterocycles. The van der Waals surface area contributed by atoms with E-state index < -0.39 is 10.0 Å². The van der Waals surface area contributed by atoms with Gasteiger partial charge in [0, 0.05) is 55.1 Å². The van der Waals surface area contributed by atoms with E-state index in [1.165, 1.54) is 46.8 Å². The second kappa shape index (κ2) is 9.27. The van der Waals surface area contributed by atoms with E-state index in [1.54, 1.807) is 17.3 Å². The van der Waals surface area contributed by atoms with Gasteiger partial charge in [0.05, 0.1) is 17.0 Å². The first-order valence-electron chi connectivity index (χ1n) is 10.1. The summed E-state index contributed by atoms with van der Waals surface area (Å²) in [6, 6.07) is 9.69. The maximum absolute atomic E-state index is 12.9. The fourth-order valence-corrected chi connectivity index (χ4v) is 5.70. The molecule has 1 aromatic carbocycles. The SMILES string of the molecule is CC(=O)c1ccc(S(=O)(=O)N2CCN(C(=O)Cc3csc(-c4cccnc4)n3)CC2)cc1. The van der Waals surface area contributed by atoms with Crippen LogP contribution in [0, 0.1) is 0 Å². The number of nitrogens with zero attached hydrogens (tertiary/aromatic N) is 4. The average Bonchev–Trinajstić information content (AvgIpc) is 3.28. The summed E-state index contributed by atoms with van der Waals surface area (Å²) in [6.07, 6.45) is 3.61. The Bertz CT molecular complexity index is 1220. The van der Waals surface area contributed by atoms with Crippen LogP contribution in [0.2, 0.25) is 0 Å². The minimum absolute atomic E-state index is 0.0732. The number of carbonyl (C=O) groups is 2. The third-order valence-corrected chi connectivity index (χ3v) is 8.14. The third kappa shape index (κ3) is 4.77. The zero-order valence-electron chi connectivity index (χ0n) is 17.5. The highest BCUT2D eigenvalue weighted by Crippen LogP contribution is 2.23. The molecular formula is C22H22N4O4S2. The Morgan fingerprint density at radius 3 is 2.41 bits per heavy atom. The zero-order valence-corrected chi connectivity index (χ0v) is 19.1. The summed E-state index contributed by atoms with van der Waals surface area (Å²) in [5.74, 6) is -0.190. The minimum atomic E-state index is -3.67. The van der Waals surface area contributed by atoms with Crippen molar-refractivity contribution in [2.75, 3.05) is 26.2 Å². The molecule has 0 saturated carbocycles. The predicted molar refractivity (Wildman–Crippen MR) is 121 cm³/mol. The molecule has 166 valence electrons. The first kappa shape index (κ1) is 22.3. The number of thiazole rings is 1. The van der Waals surface area contributed by atoms with Crippen LogP contribution in [0.15, 0.2) is 59.1 Å². The summed E-state index contributed by atoms with van der Waals surface area (Å²) in [7, 11) is -3.67. The maximum atomic E-state index is 12.9. The van der Waals surface area contributed by atoms with Gasteiger partial charge in [0.2, 0.25) is 15.9 Å². The van der Waals surface area contributed by atoms with Gasteiger partial charge in [0.25, 0.3) is 0 Å². The van der Waals surface area contributed by atoms with Crippen molar-refractivity contribution in [2.24, 2.45) is 0 Å². The van der Waals surface area contributed by atoms with Gasteiger partial charge in [-0.25, -0.2) is 13.4 Å². The Balaban J connectivity index is 1.35. The number of sulfonamides is 1. The van der Waals surface area contributed by atoms with Crippen molar-refractivity contribution < 1.29 is 18.0 Å². The highest BCUT2D eigenvalue weighted by molar-refractivity contribution is 7.89. The van der Waals surface area contributed by atoms with Crippen molar-refractivity contribution in [1.29, 1.82) is 0 Å². The molecule has 8 nitrogen and oxygen atoms in total. The molecule has 1 saturated heterocycles. The molecule has 0 radical (unpaired) electrons. The molecular weight excluding hydrogens is 448 g/mol. The van der Waals surface area contributed by atoms with E-state index in [-0.39, 0.29) is 36.1 Å². The lowest BCUT2D eigenvalue weighted by atomic mass is 10.2. The van der Waals surface area contributed by atoms with Crippen LogP contribution in [-0.4, -0.2) is 65.5 Å². The van der Waals surface area contributed by atoms with E-state index in [1.807, 2.05) is 17.5 Å². The number of carbonyl (C=O) groups excluding carboxylic acids is 2. The van der Waals surface area contributed by atoms with Crippen molar-refractivity contribution in [3.8, 4) is 10.6 Å². The first-order chi connectivity index (χ1) is 15.3. The van der Waals surface area contributed by atoms with E-state index in [2.05, 4.69) is 9.97 Å². The fourth-order valence-electron chi connectivity index (χ4n) is 3.47. The Kier molecular flexibility index (Phi) is 6.45. The number of benzene rings is 1. The van der Waals surface area contributed by atoms with Crippen LogP contribution in [0.3, 0.4) is 0 Å². The molecule has 1 aliphatic heterocycles. The number of Topliss-reactive ketones (excluding diaryl/α,β-unsaturated/α-hetero) is 1. The highest BCUT2D eigenvalue weighted by Gasteiger charge is 2.30. The molecule has 0 N–H and O–H groups in total. The van der Waals surface area contributed by atoms with Crippen molar-refractivity contribution >= 4 is 33.1 Å². The lowest BCUT2D eigenvalue weighted by molar-refractivity contribution is -0.131. The van der Waals surface area contributed by atoms with Gasteiger partial charge in [0.15, 0.2) is 5.78 Å². The van der Waals surface area contributed by atoms with Gasteiger partial charge in [-0.2, -0.15) is 4.31 Å². The molecule has 0 bridgehead atoms. The molecule has 0 unspecified atom stereocenters. The van der Waals surface area contributed by atoms with Crippen molar-refractivity contribution in [3.05, 3.63) is 65.4 Å². The number of ketones is 1. The Hall–Kier alpha value is -2.95. The smallest absolute Gasteiger partial charge is 0.243 e. The van der Waals surface area contributed by atoms with Gasteiger partial charge in [-0.05, 0) is 31.2 Å². The fraction of sp³-hybridized carbons (Fsp3) is 0.273. The minimum Gasteiger partial charge on any atom is -0.340 e. The molecule has 10 heteroatoms. The number of piperazine rings is 1. The Morgan fingerprint density at radius 2 is 1.78 bits per heavy atom. The Labute approximate surface area is 190 Å². The summed E-state index contributed by atoms with van der Waals surface area (Å²) in [5.41, 5.74) is 2.07. The third-order valence-electron chi connectivity index (χ3n) is 5.28. The molecule has 1 fully saturated rings. The summed E-state index contributed by atoms with van der Waals surface area (Å²) in [6.45, 7) is 2.53. The lowest BCUT2D eigenvalue weighted by Crippen LogP contribution is -2.50. The van der Waals surface area contributed by atoms with Crippen LogP contribution in [0.1, 0.15) is 23.0 Å². The number of pyridine rings is 1. The van der Waals surface area contributed by atoms with E-state index in [9.17, 15) is 18.0 Å². The summed E-state index contributed by atoms with van der Waals surface area (Å²) in [5, 5.41) is 2.68. The van der Waals surface area contributed by atoms with Gasteiger partial charge in [-0.3, -0.25) is 14.6 Å². The van der Waals surface area contributed by atoms with Crippen LogP contribution in [0.5, 0.6) is 0 Å². The van der Waals surface area contributed by atoms with Crippen LogP contribution >= 0.6 is 11.3 Å². The molecule has 3 heterocycles. The second-order valence-corrected chi connectivity index (χ2v) is 10.2. The van der Waals surface area contributed by atoms with Gasteiger partial charge >= 0.3 is 0 Å². The normalized spacial score (nSPS) is 15.0. The number of hydrogen-bond donors (Lipinski definition) is 0. The lowest BCUT2D eigenvalue weighted by Gasteiger charge is -2.34. The first-order valence-corrected chi connectivity index (χ1v) is 12.4. The van der Waals surface area contributed by atoms with Crippen molar-refractivity contribution in [2.45, 2.75) is 18.2 Å². The predicted octanol–water partition coefficient (Wildman–Crippen LogP) is 2.48. The van der Waals surface area contributed by atoms with Crippen LogP contribution in [0.25, 0.3) is 10.6 Å². The topological polar surface area (TPSA) is 101 Å². The van der Waals surface area contributed by atoms with Gasteiger partial charge in [-0.15, -0.1) is 11.3 Å². The average molecular weight is 471 g/mol. The summed E-state index contributed by atoms with van der Waals surface area (Å²) >= 11 is 1.46. The summed E-state index contributed by atoms with van der Waals surface area (Å²) < 4.78 is 27.2. The standard InChI is InChI=1S/C22H22N4O4S2/c1-16(27)17-4-6-20(7-5-17)32(29,30)26-11-9-25(10-12-26)21(28)13-19-15-31-22(24-19)18-3-2-8-23-14-18/h2-8,14-15H,9-13H2,1H3. The van der Waals surface area contributed by atoms with Crippen LogP contribution in [0.4, 0.5) is 0 Å². The van der Waals surface area contributed by atoms with E-state index in [0.717, 1.165) is 10.6 Å².